The fourth-order valence-corrected chi connectivity index (χ4v) is 3.37. The molecular formula is C25H39BO5. The van der Waals surface area contributed by atoms with E-state index in [1.54, 1.807) is 14.2 Å². The van der Waals surface area contributed by atoms with Gasteiger partial charge in [0.1, 0.15) is 11.5 Å². The highest BCUT2D eigenvalue weighted by Gasteiger charge is 2.52. The first-order valence-electron chi connectivity index (χ1n) is 11.0. The molecule has 0 aromatic heterocycles. The zero-order valence-electron chi connectivity index (χ0n) is 20.8. The Labute approximate surface area is 188 Å². The van der Waals surface area contributed by atoms with Crippen molar-refractivity contribution in [3.05, 3.63) is 41.0 Å². The minimum absolute atomic E-state index is 0.148. The van der Waals surface area contributed by atoms with Crippen molar-refractivity contribution in [3.63, 3.8) is 0 Å². The van der Waals surface area contributed by atoms with Crippen molar-refractivity contribution in [2.75, 3.05) is 21.0 Å². The van der Waals surface area contributed by atoms with Gasteiger partial charge in [0.2, 0.25) is 0 Å². The number of rotatable bonds is 10. The molecule has 1 saturated heterocycles. The zero-order valence-corrected chi connectivity index (χ0v) is 20.8. The molecule has 1 fully saturated rings. The van der Waals surface area contributed by atoms with Gasteiger partial charge in [0.25, 0.3) is 0 Å². The first-order chi connectivity index (χ1) is 14.5. The molecule has 1 aromatic rings. The van der Waals surface area contributed by atoms with Crippen LogP contribution >= 0.6 is 0 Å². The summed E-state index contributed by atoms with van der Waals surface area (Å²) in [4.78, 5) is 0. The summed E-state index contributed by atoms with van der Waals surface area (Å²) in [7, 11) is 2.74. The summed E-state index contributed by atoms with van der Waals surface area (Å²) in [5, 5.41) is 0. The van der Waals surface area contributed by atoms with Gasteiger partial charge in [0, 0.05) is 18.1 Å². The summed E-state index contributed by atoms with van der Waals surface area (Å²) in [5.74, 6) is 1.48. The van der Waals surface area contributed by atoms with Crippen molar-refractivity contribution in [2.24, 2.45) is 0 Å². The second-order valence-corrected chi connectivity index (χ2v) is 9.42. The molecule has 1 aliphatic heterocycles. The molecule has 0 atom stereocenters. The fourth-order valence-electron chi connectivity index (χ4n) is 3.37. The monoisotopic (exact) mass is 430 g/mol. The van der Waals surface area contributed by atoms with Crippen molar-refractivity contribution in [1.82, 2.24) is 0 Å². The largest absolute Gasteiger partial charge is 0.498 e. The first kappa shape index (κ1) is 25.5. The van der Waals surface area contributed by atoms with Crippen LogP contribution in [0.3, 0.4) is 0 Å². The molecule has 0 radical (unpaired) electrons. The van der Waals surface area contributed by atoms with Crippen LogP contribution in [0, 0.1) is 0 Å². The van der Waals surface area contributed by atoms with E-state index in [9.17, 15) is 0 Å². The van der Waals surface area contributed by atoms with E-state index in [1.165, 1.54) is 11.1 Å². The lowest BCUT2D eigenvalue weighted by Gasteiger charge is -2.32. The second-order valence-electron chi connectivity index (χ2n) is 9.42. The maximum Gasteiger partial charge on any atom is 0.498 e. The topological polar surface area (TPSA) is 46.2 Å². The van der Waals surface area contributed by atoms with Gasteiger partial charge in [-0.15, -0.1) is 0 Å². The maximum atomic E-state index is 6.31. The highest BCUT2D eigenvalue weighted by Crippen LogP contribution is 2.38. The van der Waals surface area contributed by atoms with Crippen molar-refractivity contribution in [3.8, 4) is 11.5 Å². The first-order valence-corrected chi connectivity index (χ1v) is 11.0. The average molecular weight is 430 g/mol. The fraction of sp³-hybridized carbons (Fsp3) is 0.600. The number of allylic oxidation sites excluding steroid dienone is 4. The van der Waals surface area contributed by atoms with E-state index in [4.69, 9.17) is 23.5 Å². The molecule has 5 nitrogen and oxygen atoms in total. The van der Waals surface area contributed by atoms with E-state index in [2.05, 4.69) is 32.9 Å². The van der Waals surface area contributed by atoms with Crippen LogP contribution in [0.1, 0.15) is 66.9 Å². The minimum Gasteiger partial charge on any atom is -0.497 e. The summed E-state index contributed by atoms with van der Waals surface area (Å²) in [6, 6.07) is 3.95. The van der Waals surface area contributed by atoms with Gasteiger partial charge in [-0.3, -0.25) is 0 Å². The molecule has 0 amide bonds. The Morgan fingerprint density at radius 1 is 1.00 bits per heavy atom. The van der Waals surface area contributed by atoms with Gasteiger partial charge >= 0.3 is 7.12 Å². The van der Waals surface area contributed by atoms with E-state index in [0.717, 1.165) is 41.8 Å². The number of methoxy groups -OCH3 is 2. The molecule has 1 aromatic carbocycles. The van der Waals surface area contributed by atoms with E-state index >= 15 is 0 Å². The molecule has 0 N–H and O–H groups in total. The molecule has 0 bridgehead atoms. The normalized spacial score (nSPS) is 17.6. The SMILES string of the molecule is COCOc1c(C/C=C(\C)CCC=C(C)C)cc(OC)cc1B1OC(C)(C)C(C)(C)O1. The predicted molar refractivity (Wildman–Crippen MR) is 127 cm³/mol. The number of ether oxygens (including phenoxy) is 3. The number of hydrogen-bond donors (Lipinski definition) is 0. The molecule has 0 aliphatic carbocycles. The predicted octanol–water partition coefficient (Wildman–Crippen LogP) is 5.21. The lowest BCUT2D eigenvalue weighted by molar-refractivity contribution is 0.00578. The van der Waals surface area contributed by atoms with E-state index in [0.29, 0.717) is 0 Å². The average Bonchev–Trinajstić information content (AvgIpc) is 2.91. The molecule has 0 saturated carbocycles. The number of benzene rings is 1. The molecule has 1 aliphatic rings. The molecular weight excluding hydrogens is 391 g/mol. The van der Waals surface area contributed by atoms with Crippen molar-refractivity contribution in [1.29, 1.82) is 0 Å². The van der Waals surface area contributed by atoms with Crippen LogP contribution in [-0.2, 0) is 20.5 Å². The second kappa shape index (κ2) is 10.7. The molecule has 0 unspecified atom stereocenters. The molecule has 0 spiro atoms. The van der Waals surface area contributed by atoms with Crippen molar-refractivity contribution < 1.29 is 23.5 Å². The summed E-state index contributed by atoms with van der Waals surface area (Å²) in [6.45, 7) is 14.8. The van der Waals surface area contributed by atoms with Crippen LogP contribution in [0.15, 0.2) is 35.4 Å². The third-order valence-corrected chi connectivity index (χ3v) is 5.99. The maximum absolute atomic E-state index is 6.31. The molecule has 6 heteroatoms. The van der Waals surface area contributed by atoms with Gasteiger partial charge in [-0.25, -0.2) is 0 Å². The van der Waals surface area contributed by atoms with E-state index < -0.39 is 18.3 Å². The Morgan fingerprint density at radius 3 is 2.19 bits per heavy atom. The van der Waals surface area contributed by atoms with Gasteiger partial charge in [-0.2, -0.15) is 0 Å². The molecule has 172 valence electrons. The third-order valence-electron chi connectivity index (χ3n) is 5.99. The molecule has 31 heavy (non-hydrogen) atoms. The Hall–Kier alpha value is -1.76. The Morgan fingerprint density at radius 2 is 1.65 bits per heavy atom. The highest BCUT2D eigenvalue weighted by molar-refractivity contribution is 6.63. The summed E-state index contributed by atoms with van der Waals surface area (Å²) in [5.41, 5.74) is 3.64. The summed E-state index contributed by atoms with van der Waals surface area (Å²) < 4.78 is 29.4. The standard InChI is InChI=1S/C25H39BO5/c1-18(2)11-10-12-19(3)13-14-20-15-21(28-9)16-22(23(20)29-17-27-8)26-30-24(4,5)25(6,7)31-26/h11,13,15-16H,10,12,14,17H2,1-9H3/b19-13+. The summed E-state index contributed by atoms with van der Waals surface area (Å²) in [6.07, 6.45) is 7.33. The van der Waals surface area contributed by atoms with Gasteiger partial charge < -0.3 is 23.5 Å². The Bertz CT molecular complexity index is 790. The molecule has 2 rings (SSSR count). The van der Waals surface area contributed by atoms with E-state index in [-0.39, 0.29) is 6.79 Å². The highest BCUT2D eigenvalue weighted by atomic mass is 16.7. The van der Waals surface area contributed by atoms with Crippen molar-refractivity contribution in [2.45, 2.75) is 78.9 Å². The van der Waals surface area contributed by atoms with Gasteiger partial charge in [0.15, 0.2) is 6.79 Å². The number of hydrogen-bond acceptors (Lipinski definition) is 5. The lowest BCUT2D eigenvalue weighted by Crippen LogP contribution is -2.41. The zero-order chi connectivity index (χ0) is 23.2. The van der Waals surface area contributed by atoms with Crippen LogP contribution in [0.25, 0.3) is 0 Å². The van der Waals surface area contributed by atoms with Crippen molar-refractivity contribution >= 4 is 12.6 Å². The molecule has 1 heterocycles. The lowest BCUT2D eigenvalue weighted by atomic mass is 9.77. The third kappa shape index (κ3) is 6.61. The minimum atomic E-state index is -0.548. The van der Waals surface area contributed by atoms with E-state index in [1.807, 2.05) is 39.8 Å². The Balaban J connectivity index is 2.39. The summed E-state index contributed by atoms with van der Waals surface area (Å²) >= 11 is 0. The van der Waals surface area contributed by atoms with Crippen LogP contribution in [0.4, 0.5) is 0 Å². The quantitative estimate of drug-likeness (QED) is 0.290. The smallest absolute Gasteiger partial charge is 0.497 e. The van der Waals surface area contributed by atoms with Crippen LogP contribution in [0.5, 0.6) is 11.5 Å². The van der Waals surface area contributed by atoms with Gasteiger partial charge in [-0.1, -0.05) is 23.3 Å². The Kier molecular flexibility index (Phi) is 8.81. The van der Waals surface area contributed by atoms with Crippen LogP contribution in [-0.4, -0.2) is 39.3 Å². The van der Waals surface area contributed by atoms with Gasteiger partial charge in [0.05, 0.1) is 18.3 Å². The van der Waals surface area contributed by atoms with Crippen LogP contribution < -0.4 is 14.9 Å². The van der Waals surface area contributed by atoms with Gasteiger partial charge in [-0.05, 0) is 79.9 Å². The van der Waals surface area contributed by atoms with Crippen LogP contribution in [0.2, 0.25) is 0 Å².